The van der Waals surface area contributed by atoms with Crippen LogP contribution in [0.3, 0.4) is 0 Å². The van der Waals surface area contributed by atoms with Gasteiger partial charge in [-0.3, -0.25) is 0 Å². The van der Waals surface area contributed by atoms with Gasteiger partial charge in [0.2, 0.25) is 0 Å². The van der Waals surface area contributed by atoms with E-state index in [1.165, 1.54) is 12.1 Å². The van der Waals surface area contributed by atoms with E-state index in [0.29, 0.717) is 29.9 Å². The summed E-state index contributed by atoms with van der Waals surface area (Å²) in [6.07, 6.45) is 3.43. The molecule has 144 valence electrons. The number of hydrogen-bond donors (Lipinski definition) is 0. The molecule has 4 rings (SSSR count). The number of hydrogen-bond acceptors (Lipinski definition) is 4. The molecule has 0 aliphatic heterocycles. The molecule has 2 aromatic carbocycles. The Hall–Kier alpha value is -3.14. The quantitative estimate of drug-likeness (QED) is 0.518. The lowest BCUT2D eigenvalue weighted by molar-refractivity contribution is -0.274. The van der Waals surface area contributed by atoms with Crippen molar-refractivity contribution in [2.45, 2.75) is 25.6 Å². The third-order valence-electron chi connectivity index (χ3n) is 4.81. The van der Waals surface area contributed by atoms with E-state index in [1.807, 2.05) is 6.07 Å². The van der Waals surface area contributed by atoms with Crippen LogP contribution in [-0.2, 0) is 0 Å². The molecule has 0 atom stereocenters. The average Bonchev–Trinajstić information content (AvgIpc) is 3.30. The zero-order valence-electron chi connectivity index (χ0n) is 14.8. The van der Waals surface area contributed by atoms with Crippen molar-refractivity contribution in [1.82, 2.24) is 5.16 Å². The van der Waals surface area contributed by atoms with Crippen LogP contribution < -0.4 is 9.47 Å². The lowest BCUT2D eigenvalue weighted by atomic mass is 10.0. The van der Waals surface area contributed by atoms with Gasteiger partial charge in [0.1, 0.15) is 5.75 Å². The van der Waals surface area contributed by atoms with Gasteiger partial charge in [0.25, 0.3) is 5.88 Å². The van der Waals surface area contributed by atoms with Gasteiger partial charge < -0.3 is 14.0 Å². The Morgan fingerprint density at radius 2 is 1.82 bits per heavy atom. The minimum atomic E-state index is -4.71. The van der Waals surface area contributed by atoms with Crippen LogP contribution in [0.5, 0.6) is 11.6 Å². The van der Waals surface area contributed by atoms with Crippen molar-refractivity contribution in [3.8, 4) is 35.1 Å². The van der Waals surface area contributed by atoms with E-state index in [0.717, 1.165) is 24.0 Å². The second-order valence-electron chi connectivity index (χ2n) is 6.94. The van der Waals surface area contributed by atoms with E-state index in [-0.39, 0.29) is 11.2 Å². The molecule has 1 aliphatic carbocycles. The first-order valence-corrected chi connectivity index (χ1v) is 8.69. The summed E-state index contributed by atoms with van der Waals surface area (Å²) in [6.45, 7) is 0.479. The normalized spacial score (nSPS) is 15.2. The van der Waals surface area contributed by atoms with Crippen LogP contribution in [0.1, 0.15) is 19.3 Å². The Kier molecular flexibility index (Phi) is 4.42. The van der Waals surface area contributed by atoms with Crippen molar-refractivity contribution in [3.05, 3.63) is 42.5 Å². The maximum absolute atomic E-state index is 12.3. The number of fused-ring (bicyclic) bond motifs is 1. The number of benzene rings is 2. The maximum Gasteiger partial charge on any atom is 0.573 e. The Morgan fingerprint density at radius 3 is 2.46 bits per heavy atom. The van der Waals surface area contributed by atoms with Gasteiger partial charge in [-0.15, -0.1) is 25.5 Å². The molecule has 1 fully saturated rings. The van der Waals surface area contributed by atoms with E-state index >= 15 is 0 Å². The van der Waals surface area contributed by atoms with Crippen LogP contribution in [-0.4, -0.2) is 18.1 Å². The molecule has 1 saturated carbocycles. The number of terminal acetylenes is 1. The van der Waals surface area contributed by atoms with Gasteiger partial charge in [-0.05, 0) is 53.4 Å². The van der Waals surface area contributed by atoms with Gasteiger partial charge in [0.05, 0.1) is 12.0 Å². The number of aromatic nitrogens is 1. The zero-order chi connectivity index (χ0) is 19.8. The summed E-state index contributed by atoms with van der Waals surface area (Å²) in [6, 6.07) is 11.0. The van der Waals surface area contributed by atoms with Gasteiger partial charge in [-0.2, -0.15) is 0 Å². The summed E-state index contributed by atoms with van der Waals surface area (Å²) < 4.78 is 51.9. The predicted octanol–water partition coefficient (Wildman–Crippen LogP) is 5.58. The van der Waals surface area contributed by atoms with Crippen molar-refractivity contribution >= 4 is 11.0 Å². The highest BCUT2D eigenvalue weighted by molar-refractivity contribution is 5.87. The fraction of sp³-hybridized carbons (Fsp3) is 0.286. The van der Waals surface area contributed by atoms with Crippen LogP contribution in [0.2, 0.25) is 0 Å². The fourth-order valence-electron chi connectivity index (χ4n) is 3.04. The second-order valence-corrected chi connectivity index (χ2v) is 6.94. The molecule has 0 spiro atoms. The Morgan fingerprint density at radius 1 is 1.11 bits per heavy atom. The van der Waals surface area contributed by atoms with Crippen molar-refractivity contribution in [2.24, 2.45) is 5.41 Å². The van der Waals surface area contributed by atoms with Crippen LogP contribution >= 0.6 is 0 Å². The van der Waals surface area contributed by atoms with Crippen LogP contribution in [0.4, 0.5) is 13.2 Å². The van der Waals surface area contributed by atoms with Crippen LogP contribution in [0.25, 0.3) is 22.1 Å². The standard InChI is InChI=1S/C21H16F3NO3/c1-2-9-20(10-11-20)13-26-19-17-12-15(5-8-18(17)28-25-19)14-3-6-16(7-4-14)27-21(22,23)24/h1,3-8,12H,9-11,13H2. The molecule has 1 aromatic heterocycles. The van der Waals surface area contributed by atoms with Crippen LogP contribution in [0, 0.1) is 17.8 Å². The van der Waals surface area contributed by atoms with Crippen molar-refractivity contribution < 1.29 is 27.2 Å². The molecule has 4 nitrogen and oxygen atoms in total. The molecular weight excluding hydrogens is 371 g/mol. The summed E-state index contributed by atoms with van der Waals surface area (Å²) in [7, 11) is 0. The SMILES string of the molecule is C#CCC1(COc2noc3ccc(-c4ccc(OC(F)(F)F)cc4)cc23)CC1. The van der Waals surface area contributed by atoms with Gasteiger partial charge in [0, 0.05) is 11.8 Å². The van der Waals surface area contributed by atoms with Gasteiger partial charge in [-0.1, -0.05) is 18.2 Å². The molecule has 0 N–H and O–H groups in total. The van der Waals surface area contributed by atoms with Crippen LogP contribution in [0.15, 0.2) is 47.0 Å². The summed E-state index contributed by atoms with van der Waals surface area (Å²) in [4.78, 5) is 0. The lowest BCUT2D eigenvalue weighted by Gasteiger charge is -2.11. The summed E-state index contributed by atoms with van der Waals surface area (Å²) >= 11 is 0. The molecule has 28 heavy (non-hydrogen) atoms. The highest BCUT2D eigenvalue weighted by Crippen LogP contribution is 2.49. The molecule has 1 heterocycles. The molecule has 0 bridgehead atoms. The van der Waals surface area contributed by atoms with Gasteiger partial charge >= 0.3 is 6.36 Å². The van der Waals surface area contributed by atoms with E-state index in [4.69, 9.17) is 15.7 Å². The number of rotatable bonds is 6. The number of nitrogens with zero attached hydrogens (tertiary/aromatic N) is 1. The van der Waals surface area contributed by atoms with E-state index in [9.17, 15) is 13.2 Å². The first kappa shape index (κ1) is 18.2. The molecule has 0 amide bonds. The largest absolute Gasteiger partial charge is 0.573 e. The molecule has 3 aromatic rings. The predicted molar refractivity (Wildman–Crippen MR) is 96.7 cm³/mol. The molecule has 0 radical (unpaired) electrons. The number of halogens is 3. The van der Waals surface area contributed by atoms with Gasteiger partial charge in [-0.25, -0.2) is 0 Å². The van der Waals surface area contributed by atoms with Crippen molar-refractivity contribution in [2.75, 3.05) is 6.61 Å². The molecule has 0 saturated heterocycles. The van der Waals surface area contributed by atoms with E-state index in [1.54, 1.807) is 24.3 Å². The second kappa shape index (κ2) is 6.79. The van der Waals surface area contributed by atoms with Gasteiger partial charge in [0.15, 0.2) is 5.58 Å². The topological polar surface area (TPSA) is 44.5 Å². The smallest absolute Gasteiger partial charge is 0.474 e. The summed E-state index contributed by atoms with van der Waals surface area (Å²) in [5, 5.41) is 4.68. The van der Waals surface area contributed by atoms with Crippen molar-refractivity contribution in [3.63, 3.8) is 0 Å². The number of ether oxygens (including phenoxy) is 2. The summed E-state index contributed by atoms with van der Waals surface area (Å²) in [5.74, 6) is 2.80. The fourth-order valence-corrected chi connectivity index (χ4v) is 3.04. The Labute approximate surface area is 159 Å². The highest BCUT2D eigenvalue weighted by atomic mass is 19.4. The first-order chi connectivity index (χ1) is 13.4. The maximum atomic E-state index is 12.3. The summed E-state index contributed by atoms with van der Waals surface area (Å²) in [5.41, 5.74) is 2.13. The average molecular weight is 387 g/mol. The molecule has 7 heteroatoms. The third kappa shape index (κ3) is 3.91. The number of alkyl halides is 3. The van der Waals surface area contributed by atoms with E-state index in [2.05, 4.69) is 15.8 Å². The minimum absolute atomic E-state index is 0.0337. The highest BCUT2D eigenvalue weighted by Gasteiger charge is 2.43. The Bertz CT molecular complexity index is 1030. The minimum Gasteiger partial charge on any atom is -0.474 e. The zero-order valence-corrected chi connectivity index (χ0v) is 14.8. The molecular formula is C21H16F3NO3. The van der Waals surface area contributed by atoms with E-state index < -0.39 is 6.36 Å². The first-order valence-electron chi connectivity index (χ1n) is 8.69. The molecule has 1 aliphatic rings. The Balaban J connectivity index is 1.55. The van der Waals surface area contributed by atoms with Crippen molar-refractivity contribution in [1.29, 1.82) is 0 Å². The molecule has 0 unspecified atom stereocenters. The third-order valence-corrected chi connectivity index (χ3v) is 4.81. The monoisotopic (exact) mass is 387 g/mol. The lowest BCUT2D eigenvalue weighted by Crippen LogP contribution is -2.16.